The van der Waals surface area contributed by atoms with E-state index in [0.29, 0.717) is 5.92 Å². The minimum absolute atomic E-state index is 0.687. The number of nitrogens with one attached hydrogen (secondary N) is 2. The van der Waals surface area contributed by atoms with Crippen LogP contribution in [-0.2, 0) is 0 Å². The van der Waals surface area contributed by atoms with Gasteiger partial charge >= 0.3 is 0 Å². The third-order valence-corrected chi connectivity index (χ3v) is 5.87. The van der Waals surface area contributed by atoms with Gasteiger partial charge in [-0.05, 0) is 62.5 Å². The minimum atomic E-state index is 0.687. The molecule has 1 aromatic heterocycles. The lowest BCUT2D eigenvalue weighted by Crippen LogP contribution is -2.26. The Bertz CT molecular complexity index is 815. The maximum absolute atomic E-state index is 3.47. The molecule has 0 amide bonds. The summed E-state index contributed by atoms with van der Waals surface area (Å²) in [6.07, 6.45) is 4.63. The van der Waals surface area contributed by atoms with Crippen LogP contribution in [0.1, 0.15) is 29.9 Å². The van der Waals surface area contributed by atoms with Gasteiger partial charge in [0.25, 0.3) is 0 Å². The molecule has 1 saturated heterocycles. The van der Waals surface area contributed by atoms with Crippen molar-refractivity contribution in [3.05, 3.63) is 59.8 Å². The molecule has 0 spiro atoms. The van der Waals surface area contributed by atoms with Gasteiger partial charge < -0.3 is 10.3 Å². The summed E-state index contributed by atoms with van der Waals surface area (Å²) >= 11 is 1.90. The number of fused-ring (bicyclic) bond motifs is 1. The van der Waals surface area contributed by atoms with Crippen molar-refractivity contribution in [1.82, 2.24) is 10.3 Å². The Morgan fingerprint density at radius 2 is 1.83 bits per heavy atom. The fraction of sp³-hybridized carbons (Fsp3) is 0.300. The van der Waals surface area contributed by atoms with Gasteiger partial charge in [-0.15, -0.1) is 0 Å². The first-order valence-corrected chi connectivity index (χ1v) is 9.18. The molecule has 3 heteroatoms. The molecule has 0 aliphatic carbocycles. The van der Waals surface area contributed by atoms with Crippen LogP contribution in [-0.4, -0.2) is 18.1 Å². The first-order chi connectivity index (χ1) is 11.3. The second-order valence-corrected chi connectivity index (χ2v) is 7.45. The van der Waals surface area contributed by atoms with Crippen LogP contribution >= 0.6 is 11.8 Å². The molecule has 0 bridgehead atoms. The molecule has 0 unspecified atom stereocenters. The van der Waals surface area contributed by atoms with Crippen LogP contribution in [0.4, 0.5) is 0 Å². The van der Waals surface area contributed by atoms with E-state index in [4.69, 9.17) is 0 Å². The van der Waals surface area contributed by atoms with E-state index < -0.39 is 0 Å². The predicted molar refractivity (Wildman–Crippen MR) is 98.4 cm³/mol. The maximum Gasteiger partial charge on any atom is 0.0465 e. The second-order valence-electron chi connectivity index (χ2n) is 6.37. The number of H-pyrrole nitrogens is 1. The standard InChI is InChI=1S/C20H22N2S/c1-14-6-7-18-17(12-14)20(13-22-18)23-19-5-3-2-4-16(19)15-8-10-21-11-9-15/h2-7,12-13,15,21-22H,8-11H2,1H3. The zero-order chi connectivity index (χ0) is 15.6. The summed E-state index contributed by atoms with van der Waals surface area (Å²) in [4.78, 5) is 6.13. The molecule has 2 heterocycles. The van der Waals surface area contributed by atoms with Crippen molar-refractivity contribution < 1.29 is 0 Å². The van der Waals surface area contributed by atoms with Gasteiger partial charge in [-0.3, -0.25) is 0 Å². The molecule has 3 aromatic rings. The van der Waals surface area contributed by atoms with E-state index >= 15 is 0 Å². The highest BCUT2D eigenvalue weighted by Crippen LogP contribution is 2.39. The van der Waals surface area contributed by atoms with Crippen LogP contribution in [0.5, 0.6) is 0 Å². The largest absolute Gasteiger partial charge is 0.360 e. The SMILES string of the molecule is Cc1ccc2[nH]cc(Sc3ccccc3C3CCNCC3)c2c1. The number of hydrogen-bond acceptors (Lipinski definition) is 2. The van der Waals surface area contributed by atoms with Crippen molar-refractivity contribution in [3.8, 4) is 0 Å². The molecular formula is C20H22N2S. The first-order valence-electron chi connectivity index (χ1n) is 8.36. The average molecular weight is 322 g/mol. The smallest absolute Gasteiger partial charge is 0.0465 e. The van der Waals surface area contributed by atoms with Gasteiger partial charge in [0.1, 0.15) is 0 Å². The average Bonchev–Trinajstić information content (AvgIpc) is 2.98. The van der Waals surface area contributed by atoms with E-state index in [1.54, 1.807) is 0 Å². The van der Waals surface area contributed by atoms with Gasteiger partial charge in [0, 0.05) is 26.9 Å². The van der Waals surface area contributed by atoms with Crippen LogP contribution < -0.4 is 5.32 Å². The van der Waals surface area contributed by atoms with E-state index in [-0.39, 0.29) is 0 Å². The summed E-state index contributed by atoms with van der Waals surface area (Å²) in [5.41, 5.74) is 4.05. The van der Waals surface area contributed by atoms with Crippen LogP contribution in [0.15, 0.2) is 58.5 Å². The molecule has 23 heavy (non-hydrogen) atoms. The minimum Gasteiger partial charge on any atom is -0.360 e. The van der Waals surface area contributed by atoms with Gasteiger partial charge in [0.2, 0.25) is 0 Å². The lowest BCUT2D eigenvalue weighted by Gasteiger charge is -2.24. The molecule has 4 rings (SSSR count). The van der Waals surface area contributed by atoms with Crippen LogP contribution in [0.25, 0.3) is 10.9 Å². The van der Waals surface area contributed by atoms with E-state index in [9.17, 15) is 0 Å². The van der Waals surface area contributed by atoms with E-state index in [0.717, 1.165) is 13.1 Å². The third-order valence-electron chi connectivity index (χ3n) is 4.72. The van der Waals surface area contributed by atoms with Crippen molar-refractivity contribution in [3.63, 3.8) is 0 Å². The predicted octanol–water partition coefficient (Wildman–Crippen LogP) is 5.09. The molecule has 2 aromatic carbocycles. The Morgan fingerprint density at radius 3 is 2.70 bits per heavy atom. The Kier molecular flexibility index (Phi) is 4.15. The summed E-state index contributed by atoms with van der Waals surface area (Å²) < 4.78 is 0. The number of benzene rings is 2. The zero-order valence-electron chi connectivity index (χ0n) is 13.4. The summed E-state index contributed by atoms with van der Waals surface area (Å²) in [5, 5.41) is 4.80. The summed E-state index contributed by atoms with van der Waals surface area (Å²) in [7, 11) is 0. The molecule has 0 atom stereocenters. The van der Waals surface area contributed by atoms with E-state index in [1.165, 1.54) is 44.7 Å². The number of aryl methyl sites for hydroxylation is 1. The quantitative estimate of drug-likeness (QED) is 0.702. The molecule has 1 aliphatic rings. The number of rotatable bonds is 3. The molecule has 0 radical (unpaired) electrons. The fourth-order valence-electron chi connectivity index (χ4n) is 3.46. The third kappa shape index (κ3) is 3.04. The maximum atomic E-state index is 3.47. The molecular weight excluding hydrogens is 300 g/mol. The number of hydrogen-bond donors (Lipinski definition) is 2. The molecule has 0 saturated carbocycles. The Hall–Kier alpha value is -1.71. The summed E-state index contributed by atoms with van der Waals surface area (Å²) in [6.45, 7) is 4.43. The molecule has 2 N–H and O–H groups in total. The highest BCUT2D eigenvalue weighted by molar-refractivity contribution is 7.99. The lowest BCUT2D eigenvalue weighted by molar-refractivity contribution is 0.456. The number of aromatic amines is 1. The molecule has 1 aliphatic heterocycles. The fourth-order valence-corrected chi connectivity index (χ4v) is 4.59. The summed E-state index contributed by atoms with van der Waals surface area (Å²) in [6, 6.07) is 15.5. The van der Waals surface area contributed by atoms with Gasteiger partial charge in [-0.2, -0.15) is 0 Å². The highest BCUT2D eigenvalue weighted by atomic mass is 32.2. The van der Waals surface area contributed by atoms with Crippen molar-refractivity contribution >= 4 is 22.7 Å². The first kappa shape index (κ1) is 14.9. The van der Waals surface area contributed by atoms with Gasteiger partial charge in [0.15, 0.2) is 0 Å². The topological polar surface area (TPSA) is 27.8 Å². The molecule has 2 nitrogen and oxygen atoms in total. The van der Waals surface area contributed by atoms with Crippen molar-refractivity contribution in [2.75, 3.05) is 13.1 Å². The normalized spacial score (nSPS) is 16.0. The summed E-state index contributed by atoms with van der Waals surface area (Å²) in [5.74, 6) is 0.687. The van der Waals surface area contributed by atoms with Gasteiger partial charge in [-0.25, -0.2) is 0 Å². The molecule has 118 valence electrons. The van der Waals surface area contributed by atoms with Crippen LogP contribution in [0.2, 0.25) is 0 Å². The van der Waals surface area contributed by atoms with Gasteiger partial charge in [-0.1, -0.05) is 41.6 Å². The Labute approximate surface area is 141 Å². The Balaban J connectivity index is 1.69. The van der Waals surface area contributed by atoms with Crippen molar-refractivity contribution in [2.45, 2.75) is 35.5 Å². The monoisotopic (exact) mass is 322 g/mol. The lowest BCUT2D eigenvalue weighted by atomic mass is 9.90. The molecule has 1 fully saturated rings. The zero-order valence-corrected chi connectivity index (χ0v) is 14.2. The second kappa shape index (κ2) is 6.42. The van der Waals surface area contributed by atoms with Crippen molar-refractivity contribution in [2.24, 2.45) is 0 Å². The van der Waals surface area contributed by atoms with Gasteiger partial charge in [0.05, 0.1) is 0 Å². The number of aromatic nitrogens is 1. The van der Waals surface area contributed by atoms with E-state index in [2.05, 4.69) is 65.9 Å². The Morgan fingerprint density at radius 1 is 1.00 bits per heavy atom. The number of piperidine rings is 1. The van der Waals surface area contributed by atoms with Crippen molar-refractivity contribution in [1.29, 1.82) is 0 Å². The highest BCUT2D eigenvalue weighted by Gasteiger charge is 2.19. The van der Waals surface area contributed by atoms with E-state index in [1.807, 2.05) is 11.8 Å². The van der Waals surface area contributed by atoms with Crippen LogP contribution in [0.3, 0.4) is 0 Å². The van der Waals surface area contributed by atoms with Crippen LogP contribution in [0, 0.1) is 6.92 Å².